The molecule has 2 aromatic rings. The van der Waals surface area contributed by atoms with E-state index in [1.807, 2.05) is 13.0 Å². The summed E-state index contributed by atoms with van der Waals surface area (Å²) in [7, 11) is 0. The van der Waals surface area contributed by atoms with E-state index in [9.17, 15) is 4.39 Å². The molecule has 0 spiro atoms. The van der Waals surface area contributed by atoms with Gasteiger partial charge in [0.05, 0.1) is 6.61 Å². The van der Waals surface area contributed by atoms with Crippen LogP contribution >= 0.6 is 0 Å². The lowest BCUT2D eigenvalue weighted by atomic mass is 10.2. The number of hydrogen-bond donors (Lipinski definition) is 1. The van der Waals surface area contributed by atoms with Gasteiger partial charge in [0.25, 0.3) is 0 Å². The molecule has 0 aliphatic carbocycles. The van der Waals surface area contributed by atoms with Gasteiger partial charge in [0.15, 0.2) is 0 Å². The van der Waals surface area contributed by atoms with E-state index in [1.54, 1.807) is 24.3 Å². The SMILES string of the molecule is CCc1cc(CO)cc(OCc2ccccc2F)n1. The van der Waals surface area contributed by atoms with Gasteiger partial charge in [0.1, 0.15) is 12.4 Å². The average Bonchev–Trinajstić information content (AvgIpc) is 2.46. The van der Waals surface area contributed by atoms with Gasteiger partial charge < -0.3 is 9.84 Å². The fourth-order valence-corrected chi connectivity index (χ4v) is 1.73. The zero-order valence-corrected chi connectivity index (χ0v) is 10.8. The van der Waals surface area contributed by atoms with E-state index >= 15 is 0 Å². The van der Waals surface area contributed by atoms with Crippen molar-refractivity contribution in [3.63, 3.8) is 0 Å². The summed E-state index contributed by atoms with van der Waals surface area (Å²) < 4.78 is 18.9. The molecule has 2 rings (SSSR count). The maximum atomic E-state index is 13.4. The quantitative estimate of drug-likeness (QED) is 0.900. The van der Waals surface area contributed by atoms with Crippen molar-refractivity contribution in [1.29, 1.82) is 0 Å². The van der Waals surface area contributed by atoms with Crippen LogP contribution in [0.25, 0.3) is 0 Å². The van der Waals surface area contributed by atoms with Crippen molar-refractivity contribution in [2.45, 2.75) is 26.6 Å². The van der Waals surface area contributed by atoms with Crippen LogP contribution in [0.15, 0.2) is 36.4 Å². The fourth-order valence-electron chi connectivity index (χ4n) is 1.73. The van der Waals surface area contributed by atoms with Crippen LogP contribution in [0, 0.1) is 5.82 Å². The summed E-state index contributed by atoms with van der Waals surface area (Å²) in [6.07, 6.45) is 0.754. The minimum atomic E-state index is -0.295. The first-order chi connectivity index (χ1) is 9.22. The molecule has 0 aliphatic heterocycles. The highest BCUT2D eigenvalue weighted by Gasteiger charge is 2.05. The Balaban J connectivity index is 2.13. The third kappa shape index (κ3) is 3.51. The van der Waals surface area contributed by atoms with Crippen LogP contribution < -0.4 is 4.74 Å². The lowest BCUT2D eigenvalue weighted by Gasteiger charge is -2.09. The molecule has 1 N–H and O–H groups in total. The maximum absolute atomic E-state index is 13.4. The number of aryl methyl sites for hydroxylation is 1. The van der Waals surface area contributed by atoms with Crippen molar-refractivity contribution in [3.05, 3.63) is 59.0 Å². The number of nitrogens with zero attached hydrogens (tertiary/aromatic N) is 1. The highest BCUT2D eigenvalue weighted by atomic mass is 19.1. The van der Waals surface area contributed by atoms with E-state index in [0.29, 0.717) is 11.4 Å². The average molecular weight is 261 g/mol. The van der Waals surface area contributed by atoms with Crippen LogP contribution in [-0.4, -0.2) is 10.1 Å². The van der Waals surface area contributed by atoms with E-state index in [-0.39, 0.29) is 19.0 Å². The van der Waals surface area contributed by atoms with E-state index in [2.05, 4.69) is 4.98 Å². The van der Waals surface area contributed by atoms with Gasteiger partial charge in [-0.3, -0.25) is 0 Å². The van der Waals surface area contributed by atoms with Gasteiger partial charge in [0, 0.05) is 17.3 Å². The number of aromatic nitrogens is 1. The number of benzene rings is 1. The van der Waals surface area contributed by atoms with E-state index in [4.69, 9.17) is 9.84 Å². The number of rotatable bonds is 5. The Labute approximate surface area is 111 Å². The van der Waals surface area contributed by atoms with Crippen molar-refractivity contribution < 1.29 is 14.2 Å². The minimum Gasteiger partial charge on any atom is -0.473 e. The summed E-state index contributed by atoms with van der Waals surface area (Å²) in [6.45, 7) is 2.04. The molecule has 0 radical (unpaired) electrons. The third-order valence-corrected chi connectivity index (χ3v) is 2.79. The first-order valence-electron chi connectivity index (χ1n) is 6.20. The van der Waals surface area contributed by atoms with Gasteiger partial charge in [0.2, 0.25) is 5.88 Å². The largest absolute Gasteiger partial charge is 0.473 e. The van der Waals surface area contributed by atoms with E-state index < -0.39 is 0 Å². The molecule has 19 heavy (non-hydrogen) atoms. The summed E-state index contributed by atoms with van der Waals surface area (Å²) in [6, 6.07) is 9.96. The molecule has 0 unspecified atom stereocenters. The van der Waals surface area contributed by atoms with Crippen LogP contribution in [-0.2, 0) is 19.6 Å². The van der Waals surface area contributed by atoms with Gasteiger partial charge in [-0.15, -0.1) is 0 Å². The van der Waals surface area contributed by atoms with Crippen LogP contribution in [0.5, 0.6) is 5.88 Å². The van der Waals surface area contributed by atoms with Crippen molar-refractivity contribution in [3.8, 4) is 5.88 Å². The molecule has 1 aromatic heterocycles. The number of ether oxygens (including phenoxy) is 1. The maximum Gasteiger partial charge on any atom is 0.214 e. The Kier molecular flexibility index (Phi) is 4.47. The molecule has 0 saturated carbocycles. The molecule has 0 atom stereocenters. The van der Waals surface area contributed by atoms with E-state index in [0.717, 1.165) is 17.7 Å². The zero-order chi connectivity index (χ0) is 13.7. The second-order valence-electron chi connectivity index (χ2n) is 4.20. The highest BCUT2D eigenvalue weighted by molar-refractivity contribution is 5.25. The molecule has 0 saturated heterocycles. The predicted octanol–water partition coefficient (Wildman–Crippen LogP) is 2.85. The van der Waals surface area contributed by atoms with Crippen LogP contribution in [0.3, 0.4) is 0 Å². The summed E-state index contributed by atoms with van der Waals surface area (Å²) in [5.41, 5.74) is 2.07. The normalized spacial score (nSPS) is 10.5. The Morgan fingerprint density at radius 3 is 2.74 bits per heavy atom. The van der Waals surface area contributed by atoms with Gasteiger partial charge in [-0.25, -0.2) is 9.37 Å². The lowest BCUT2D eigenvalue weighted by molar-refractivity contribution is 0.272. The Morgan fingerprint density at radius 1 is 1.26 bits per heavy atom. The van der Waals surface area contributed by atoms with E-state index in [1.165, 1.54) is 6.07 Å². The molecule has 1 aromatic carbocycles. The molecule has 3 nitrogen and oxygen atoms in total. The number of hydrogen-bond acceptors (Lipinski definition) is 3. The second-order valence-corrected chi connectivity index (χ2v) is 4.20. The van der Waals surface area contributed by atoms with Gasteiger partial charge in [-0.05, 0) is 24.1 Å². The highest BCUT2D eigenvalue weighted by Crippen LogP contribution is 2.16. The summed E-state index contributed by atoms with van der Waals surface area (Å²) in [4.78, 5) is 4.29. The standard InChI is InChI=1S/C15H16FNO2/c1-2-13-7-11(9-18)8-15(17-13)19-10-12-5-3-4-6-14(12)16/h3-8,18H,2,9-10H2,1H3. The minimum absolute atomic E-state index is 0.0639. The summed E-state index contributed by atoms with van der Waals surface area (Å²) in [5, 5.41) is 9.17. The summed E-state index contributed by atoms with van der Waals surface area (Å²) in [5.74, 6) is 0.114. The van der Waals surface area contributed by atoms with Crippen LogP contribution in [0.1, 0.15) is 23.7 Å². The second kappa shape index (κ2) is 6.29. The Hall–Kier alpha value is -1.94. The predicted molar refractivity (Wildman–Crippen MR) is 70.3 cm³/mol. The van der Waals surface area contributed by atoms with Crippen LogP contribution in [0.2, 0.25) is 0 Å². The molecule has 1 heterocycles. The number of aliphatic hydroxyl groups is 1. The lowest BCUT2D eigenvalue weighted by Crippen LogP contribution is -2.02. The van der Waals surface area contributed by atoms with Gasteiger partial charge in [-0.2, -0.15) is 0 Å². The van der Waals surface area contributed by atoms with Crippen molar-refractivity contribution in [1.82, 2.24) is 4.98 Å². The van der Waals surface area contributed by atoms with Crippen molar-refractivity contribution >= 4 is 0 Å². The molecule has 0 fully saturated rings. The molecule has 100 valence electrons. The zero-order valence-electron chi connectivity index (χ0n) is 10.8. The molecule has 0 aliphatic rings. The first kappa shape index (κ1) is 13.5. The number of halogens is 1. The first-order valence-corrected chi connectivity index (χ1v) is 6.20. The molecular weight excluding hydrogens is 245 g/mol. The number of pyridine rings is 1. The van der Waals surface area contributed by atoms with Crippen molar-refractivity contribution in [2.24, 2.45) is 0 Å². The monoisotopic (exact) mass is 261 g/mol. The molecular formula is C15H16FNO2. The topological polar surface area (TPSA) is 42.4 Å². The van der Waals surface area contributed by atoms with Gasteiger partial charge >= 0.3 is 0 Å². The van der Waals surface area contributed by atoms with Crippen molar-refractivity contribution in [2.75, 3.05) is 0 Å². The molecule has 0 bridgehead atoms. The molecule has 4 heteroatoms. The van der Waals surface area contributed by atoms with Gasteiger partial charge in [-0.1, -0.05) is 25.1 Å². The van der Waals surface area contributed by atoms with Crippen LogP contribution in [0.4, 0.5) is 4.39 Å². The fraction of sp³-hybridized carbons (Fsp3) is 0.267. The molecule has 0 amide bonds. The Morgan fingerprint density at radius 2 is 2.05 bits per heavy atom. The smallest absolute Gasteiger partial charge is 0.214 e. The number of aliphatic hydroxyl groups excluding tert-OH is 1. The summed E-state index contributed by atoms with van der Waals surface area (Å²) >= 11 is 0. The Bertz CT molecular complexity index is 535. The third-order valence-electron chi connectivity index (χ3n) is 2.79.